The zero-order chi connectivity index (χ0) is 20.2. The van der Waals surface area contributed by atoms with Crippen LogP contribution < -0.4 is 10.6 Å². The summed E-state index contributed by atoms with van der Waals surface area (Å²) in [6.07, 6.45) is 3.89. The highest BCUT2D eigenvalue weighted by Gasteiger charge is 2.23. The van der Waals surface area contributed by atoms with E-state index in [0.717, 1.165) is 51.8 Å². The van der Waals surface area contributed by atoms with Crippen LogP contribution in [0.5, 0.6) is 0 Å². The standard InChI is InChI=1S/C20H40N6O2.HI/c1-4-21-20(23-16-18-8-6-7-10-25(18)5-2)26-13-11-24(12-14-26)17-19(27)22-9-15-28-3;/h18H,4-17H2,1-3H3,(H,21,23)(H,22,27);1H. The van der Waals surface area contributed by atoms with E-state index < -0.39 is 0 Å². The van der Waals surface area contributed by atoms with Crippen LogP contribution in [0.25, 0.3) is 0 Å². The van der Waals surface area contributed by atoms with Gasteiger partial charge < -0.3 is 20.3 Å². The monoisotopic (exact) mass is 524 g/mol. The number of likely N-dealkylation sites (N-methyl/N-ethyl adjacent to an activating group) is 1. The number of piperidine rings is 1. The Kier molecular flexibility index (Phi) is 13.8. The molecule has 0 aromatic heterocycles. The lowest BCUT2D eigenvalue weighted by molar-refractivity contribution is -0.122. The number of nitrogens with one attached hydrogen (secondary N) is 2. The summed E-state index contributed by atoms with van der Waals surface area (Å²) in [5, 5.41) is 6.35. The van der Waals surface area contributed by atoms with Crippen LogP contribution in [-0.4, -0.2) is 112 Å². The van der Waals surface area contributed by atoms with E-state index >= 15 is 0 Å². The smallest absolute Gasteiger partial charge is 0.234 e. The molecule has 9 heteroatoms. The van der Waals surface area contributed by atoms with E-state index in [1.54, 1.807) is 7.11 Å². The van der Waals surface area contributed by atoms with Crippen molar-refractivity contribution in [2.75, 3.05) is 79.2 Å². The Labute approximate surface area is 193 Å². The number of aliphatic imine (C=N–C) groups is 1. The average Bonchev–Trinajstić information content (AvgIpc) is 2.72. The second-order valence-electron chi connectivity index (χ2n) is 7.58. The number of likely N-dealkylation sites (tertiary alicyclic amines) is 1. The van der Waals surface area contributed by atoms with Gasteiger partial charge in [0.1, 0.15) is 0 Å². The number of nitrogens with zero attached hydrogens (tertiary/aromatic N) is 4. The first-order valence-electron chi connectivity index (χ1n) is 10.9. The fraction of sp³-hybridized carbons (Fsp3) is 0.900. The Balaban J connectivity index is 0.00000420. The van der Waals surface area contributed by atoms with Gasteiger partial charge in [-0.05, 0) is 32.9 Å². The zero-order valence-electron chi connectivity index (χ0n) is 18.5. The Hall–Kier alpha value is -0.650. The van der Waals surface area contributed by atoms with Crippen LogP contribution in [0.15, 0.2) is 4.99 Å². The molecule has 1 atom stereocenters. The van der Waals surface area contributed by atoms with Crippen LogP contribution in [0.1, 0.15) is 33.1 Å². The van der Waals surface area contributed by atoms with Gasteiger partial charge in [0.05, 0.1) is 19.7 Å². The molecule has 2 aliphatic heterocycles. The summed E-state index contributed by atoms with van der Waals surface area (Å²) in [6.45, 7) is 13.6. The number of carbonyl (C=O) groups is 1. The van der Waals surface area contributed by atoms with Crippen molar-refractivity contribution in [1.82, 2.24) is 25.3 Å². The van der Waals surface area contributed by atoms with Gasteiger partial charge in [0.15, 0.2) is 5.96 Å². The van der Waals surface area contributed by atoms with Crippen LogP contribution in [-0.2, 0) is 9.53 Å². The third-order valence-electron chi connectivity index (χ3n) is 5.61. The SMILES string of the molecule is CCNC(=NCC1CCCCN1CC)N1CCN(CC(=O)NCCOC)CC1.I. The van der Waals surface area contributed by atoms with E-state index in [1.165, 1.54) is 25.8 Å². The minimum atomic E-state index is 0. The van der Waals surface area contributed by atoms with Gasteiger partial charge >= 0.3 is 0 Å². The third kappa shape index (κ3) is 9.35. The van der Waals surface area contributed by atoms with Crippen LogP contribution in [0.4, 0.5) is 0 Å². The second kappa shape index (κ2) is 15.2. The van der Waals surface area contributed by atoms with E-state index in [2.05, 4.69) is 39.2 Å². The molecule has 2 N–H and O–H groups in total. The van der Waals surface area contributed by atoms with E-state index in [4.69, 9.17) is 9.73 Å². The lowest BCUT2D eigenvalue weighted by Crippen LogP contribution is -2.54. The first-order chi connectivity index (χ1) is 13.7. The summed E-state index contributed by atoms with van der Waals surface area (Å²) in [7, 11) is 1.64. The van der Waals surface area contributed by atoms with Crippen LogP contribution in [0.3, 0.4) is 0 Å². The van der Waals surface area contributed by atoms with Gasteiger partial charge in [0.2, 0.25) is 5.91 Å². The first-order valence-corrected chi connectivity index (χ1v) is 10.9. The zero-order valence-corrected chi connectivity index (χ0v) is 20.8. The van der Waals surface area contributed by atoms with Crippen LogP contribution >= 0.6 is 24.0 Å². The van der Waals surface area contributed by atoms with Crippen LogP contribution in [0, 0.1) is 0 Å². The number of carbonyl (C=O) groups excluding carboxylic acids is 1. The molecular formula is C20H41IN6O2. The van der Waals surface area contributed by atoms with Crippen molar-refractivity contribution >= 4 is 35.8 Å². The predicted molar refractivity (Wildman–Crippen MR) is 129 cm³/mol. The summed E-state index contributed by atoms with van der Waals surface area (Å²) in [6, 6.07) is 0.574. The minimum absolute atomic E-state index is 0. The molecule has 1 unspecified atom stereocenters. The molecule has 2 rings (SSSR count). The highest BCUT2D eigenvalue weighted by Crippen LogP contribution is 2.17. The number of methoxy groups -OCH3 is 1. The molecule has 2 saturated heterocycles. The quantitative estimate of drug-likeness (QED) is 0.202. The molecule has 2 aliphatic rings. The minimum Gasteiger partial charge on any atom is -0.383 e. The van der Waals surface area contributed by atoms with Gasteiger partial charge in [-0.2, -0.15) is 0 Å². The summed E-state index contributed by atoms with van der Waals surface area (Å²) in [5.74, 6) is 1.09. The van der Waals surface area contributed by atoms with Gasteiger partial charge in [-0.1, -0.05) is 13.3 Å². The number of rotatable bonds is 9. The van der Waals surface area contributed by atoms with E-state index in [1.807, 2.05) is 0 Å². The Morgan fingerprint density at radius 1 is 1.10 bits per heavy atom. The Morgan fingerprint density at radius 2 is 1.86 bits per heavy atom. The number of hydrogen-bond acceptors (Lipinski definition) is 5. The number of halogens is 1. The summed E-state index contributed by atoms with van der Waals surface area (Å²) in [4.78, 5) is 24.1. The van der Waals surface area contributed by atoms with Crippen LogP contribution in [0.2, 0.25) is 0 Å². The molecule has 1 amide bonds. The highest BCUT2D eigenvalue weighted by molar-refractivity contribution is 14.0. The summed E-state index contributed by atoms with van der Waals surface area (Å²) in [5.41, 5.74) is 0. The molecule has 29 heavy (non-hydrogen) atoms. The fourth-order valence-corrected chi connectivity index (χ4v) is 3.97. The number of amides is 1. The molecule has 2 fully saturated rings. The molecule has 170 valence electrons. The van der Waals surface area contributed by atoms with Gasteiger partial charge in [-0.25, -0.2) is 0 Å². The lowest BCUT2D eigenvalue weighted by atomic mass is 10.0. The molecule has 0 radical (unpaired) electrons. The van der Waals surface area contributed by atoms with Gasteiger partial charge in [-0.15, -0.1) is 24.0 Å². The Bertz CT molecular complexity index is 486. The molecule has 0 bridgehead atoms. The average molecular weight is 524 g/mol. The number of hydrogen-bond donors (Lipinski definition) is 2. The van der Waals surface area contributed by atoms with Crippen molar-refractivity contribution in [1.29, 1.82) is 0 Å². The number of piperazine rings is 1. The van der Waals surface area contributed by atoms with E-state index in [-0.39, 0.29) is 29.9 Å². The van der Waals surface area contributed by atoms with Crippen molar-refractivity contribution in [3.8, 4) is 0 Å². The maximum absolute atomic E-state index is 12.0. The molecule has 0 aromatic carbocycles. The molecular weight excluding hydrogens is 483 g/mol. The molecule has 0 aliphatic carbocycles. The number of guanidine groups is 1. The van der Waals surface area contributed by atoms with Crippen molar-refractivity contribution in [2.24, 2.45) is 4.99 Å². The number of ether oxygens (including phenoxy) is 1. The van der Waals surface area contributed by atoms with Crippen molar-refractivity contribution in [3.63, 3.8) is 0 Å². The summed E-state index contributed by atoms with van der Waals surface area (Å²) < 4.78 is 4.97. The maximum atomic E-state index is 12.0. The predicted octanol–water partition coefficient (Wildman–Crippen LogP) is 0.825. The normalized spacial score (nSPS) is 21.6. The molecule has 0 saturated carbocycles. The topological polar surface area (TPSA) is 72.4 Å². The molecule has 8 nitrogen and oxygen atoms in total. The van der Waals surface area contributed by atoms with E-state index in [9.17, 15) is 4.79 Å². The second-order valence-corrected chi connectivity index (χ2v) is 7.58. The van der Waals surface area contributed by atoms with Gasteiger partial charge in [-0.3, -0.25) is 19.6 Å². The molecule has 2 heterocycles. The largest absolute Gasteiger partial charge is 0.383 e. The summed E-state index contributed by atoms with van der Waals surface area (Å²) >= 11 is 0. The fourth-order valence-electron chi connectivity index (χ4n) is 3.97. The van der Waals surface area contributed by atoms with Crippen molar-refractivity contribution in [2.45, 2.75) is 39.2 Å². The van der Waals surface area contributed by atoms with Crippen molar-refractivity contribution < 1.29 is 9.53 Å². The molecule has 0 aromatic rings. The Morgan fingerprint density at radius 3 is 2.52 bits per heavy atom. The maximum Gasteiger partial charge on any atom is 0.234 e. The first kappa shape index (κ1) is 26.4. The molecule has 0 spiro atoms. The van der Waals surface area contributed by atoms with Crippen molar-refractivity contribution in [3.05, 3.63) is 0 Å². The van der Waals surface area contributed by atoms with Gasteiger partial charge in [0, 0.05) is 52.4 Å². The van der Waals surface area contributed by atoms with E-state index in [0.29, 0.717) is 25.7 Å². The highest BCUT2D eigenvalue weighted by atomic mass is 127. The van der Waals surface area contributed by atoms with Gasteiger partial charge in [0.25, 0.3) is 0 Å². The lowest BCUT2D eigenvalue weighted by Gasteiger charge is -2.37. The third-order valence-corrected chi connectivity index (χ3v) is 5.61.